The molecule has 0 aliphatic heterocycles. The third kappa shape index (κ3) is 4.04. The van der Waals surface area contributed by atoms with Gasteiger partial charge < -0.3 is 5.32 Å². The number of benzene rings is 2. The predicted octanol–water partition coefficient (Wildman–Crippen LogP) is 3.76. The molecule has 0 aliphatic carbocycles. The summed E-state index contributed by atoms with van der Waals surface area (Å²) < 4.78 is 0. The summed E-state index contributed by atoms with van der Waals surface area (Å²) in [6.45, 7) is 1.74. The van der Waals surface area contributed by atoms with Gasteiger partial charge in [0.1, 0.15) is 6.04 Å². The van der Waals surface area contributed by atoms with Gasteiger partial charge in [-0.25, -0.2) is 5.43 Å². The van der Waals surface area contributed by atoms with Gasteiger partial charge in [0.2, 0.25) is 0 Å². The molecule has 1 aromatic heterocycles. The zero-order valence-corrected chi connectivity index (χ0v) is 14.7. The lowest BCUT2D eigenvalue weighted by Gasteiger charge is -2.15. The molecule has 2 N–H and O–H groups in total. The highest BCUT2D eigenvalue weighted by Crippen LogP contribution is 2.24. The van der Waals surface area contributed by atoms with Crippen molar-refractivity contribution >= 4 is 44.9 Å². The van der Waals surface area contributed by atoms with Crippen LogP contribution < -0.4 is 10.7 Å². The van der Waals surface area contributed by atoms with Gasteiger partial charge in [-0.1, -0.05) is 47.7 Å². The third-order valence-corrected chi connectivity index (χ3v) is 4.69. The Morgan fingerprint density at radius 1 is 1.19 bits per heavy atom. The summed E-state index contributed by atoms with van der Waals surface area (Å²) in [7, 11) is 0. The minimum Gasteiger partial charge on any atom is -0.373 e. The van der Waals surface area contributed by atoms with Gasteiger partial charge >= 0.3 is 5.00 Å². The van der Waals surface area contributed by atoms with Gasteiger partial charge in [-0.3, -0.25) is 14.9 Å². The van der Waals surface area contributed by atoms with Crippen LogP contribution in [0.3, 0.4) is 0 Å². The van der Waals surface area contributed by atoms with Crippen LogP contribution in [0.4, 0.5) is 10.7 Å². The van der Waals surface area contributed by atoms with E-state index in [2.05, 4.69) is 15.8 Å². The zero-order chi connectivity index (χ0) is 18.5. The van der Waals surface area contributed by atoms with Crippen molar-refractivity contribution in [3.8, 4) is 0 Å². The van der Waals surface area contributed by atoms with Crippen molar-refractivity contribution in [3.05, 3.63) is 69.6 Å². The van der Waals surface area contributed by atoms with Crippen LogP contribution in [0.25, 0.3) is 10.8 Å². The number of thiophene rings is 1. The molecule has 1 atom stereocenters. The molecule has 0 bridgehead atoms. The Balaban J connectivity index is 1.62. The number of hydrazone groups is 1. The van der Waals surface area contributed by atoms with E-state index in [1.165, 1.54) is 12.3 Å². The van der Waals surface area contributed by atoms with E-state index in [0.29, 0.717) is 4.88 Å². The number of hydrogen-bond donors (Lipinski definition) is 2. The smallest absolute Gasteiger partial charge is 0.324 e. The Kier molecular flexibility index (Phi) is 5.23. The van der Waals surface area contributed by atoms with Crippen LogP contribution >= 0.6 is 11.3 Å². The number of carbonyl (C=O) groups excluding carboxylic acids is 1. The zero-order valence-electron chi connectivity index (χ0n) is 13.9. The first-order valence-corrected chi connectivity index (χ1v) is 8.67. The number of hydrogen-bond acceptors (Lipinski definition) is 6. The van der Waals surface area contributed by atoms with Crippen LogP contribution in [-0.2, 0) is 4.79 Å². The lowest BCUT2D eigenvalue weighted by molar-refractivity contribution is -0.380. The number of rotatable bonds is 6. The van der Waals surface area contributed by atoms with Crippen molar-refractivity contribution in [3.63, 3.8) is 0 Å². The highest BCUT2D eigenvalue weighted by molar-refractivity contribution is 7.16. The molecule has 0 saturated carbocycles. The molecule has 0 fully saturated rings. The molecule has 0 saturated heterocycles. The van der Waals surface area contributed by atoms with Crippen molar-refractivity contribution in [2.45, 2.75) is 13.0 Å². The van der Waals surface area contributed by atoms with Crippen LogP contribution in [0.2, 0.25) is 0 Å². The number of nitrogens with one attached hydrogen (secondary N) is 2. The fraction of sp³-hybridized carbons (Fsp3) is 0.111. The fourth-order valence-corrected chi connectivity index (χ4v) is 3.11. The van der Waals surface area contributed by atoms with Crippen molar-refractivity contribution in [2.75, 3.05) is 5.32 Å². The Bertz CT molecular complexity index is 978. The first-order chi connectivity index (χ1) is 12.5. The Morgan fingerprint density at radius 2 is 1.96 bits per heavy atom. The average Bonchev–Trinajstić information content (AvgIpc) is 3.11. The van der Waals surface area contributed by atoms with E-state index < -0.39 is 11.0 Å². The molecule has 0 aliphatic rings. The first kappa shape index (κ1) is 17.6. The monoisotopic (exact) mass is 368 g/mol. The van der Waals surface area contributed by atoms with Crippen LogP contribution in [0.1, 0.15) is 11.8 Å². The van der Waals surface area contributed by atoms with Crippen molar-refractivity contribution in [2.24, 2.45) is 5.10 Å². The molecule has 0 spiro atoms. The minimum atomic E-state index is -0.504. The number of anilines is 1. The second kappa shape index (κ2) is 7.75. The maximum atomic E-state index is 12.2. The number of fused-ring (bicyclic) bond motifs is 1. The highest BCUT2D eigenvalue weighted by Gasteiger charge is 2.13. The van der Waals surface area contributed by atoms with Gasteiger partial charge in [0.15, 0.2) is 0 Å². The maximum absolute atomic E-state index is 12.2. The van der Waals surface area contributed by atoms with Gasteiger partial charge in [0.05, 0.1) is 16.0 Å². The predicted molar refractivity (Wildman–Crippen MR) is 104 cm³/mol. The van der Waals surface area contributed by atoms with E-state index in [0.717, 1.165) is 27.8 Å². The van der Waals surface area contributed by atoms with Gasteiger partial charge in [-0.2, -0.15) is 5.10 Å². The molecule has 3 rings (SSSR count). The van der Waals surface area contributed by atoms with Gasteiger partial charge in [0.25, 0.3) is 5.91 Å². The highest BCUT2D eigenvalue weighted by atomic mass is 32.1. The van der Waals surface area contributed by atoms with Crippen molar-refractivity contribution < 1.29 is 9.72 Å². The van der Waals surface area contributed by atoms with E-state index in [9.17, 15) is 14.9 Å². The van der Waals surface area contributed by atoms with Crippen LogP contribution in [-0.4, -0.2) is 23.1 Å². The Morgan fingerprint density at radius 3 is 2.73 bits per heavy atom. The van der Waals surface area contributed by atoms with E-state index in [4.69, 9.17) is 0 Å². The number of amides is 1. The minimum absolute atomic E-state index is 0.0313. The largest absolute Gasteiger partial charge is 0.373 e. The first-order valence-electron chi connectivity index (χ1n) is 7.86. The summed E-state index contributed by atoms with van der Waals surface area (Å²) in [5.74, 6) is -0.305. The second-order valence-electron chi connectivity index (χ2n) is 5.56. The summed E-state index contributed by atoms with van der Waals surface area (Å²) in [5, 5.41) is 19.8. The molecule has 3 aromatic rings. The molecule has 8 heteroatoms. The van der Waals surface area contributed by atoms with E-state index in [1.54, 1.807) is 13.0 Å². The average molecular weight is 368 g/mol. The second-order valence-corrected chi connectivity index (χ2v) is 6.65. The molecule has 26 heavy (non-hydrogen) atoms. The summed E-state index contributed by atoms with van der Waals surface area (Å²) in [5.41, 5.74) is 3.31. The van der Waals surface area contributed by atoms with Crippen LogP contribution in [0.15, 0.2) is 59.7 Å². The molecular weight excluding hydrogens is 352 g/mol. The number of carbonyl (C=O) groups is 1. The van der Waals surface area contributed by atoms with Gasteiger partial charge in [-0.05, 0) is 24.4 Å². The van der Waals surface area contributed by atoms with E-state index in [1.807, 2.05) is 42.5 Å². The van der Waals surface area contributed by atoms with Crippen LogP contribution in [0.5, 0.6) is 0 Å². The molecule has 1 amide bonds. The SMILES string of the molecule is CC(Nc1cccc2ccccc12)C(=O)NN=Cc1ccc([N+](=O)[O-])s1. The van der Waals surface area contributed by atoms with Crippen molar-refractivity contribution in [1.29, 1.82) is 0 Å². The summed E-state index contributed by atoms with van der Waals surface area (Å²) in [4.78, 5) is 23.0. The molecular formula is C18H16N4O3S. The van der Waals surface area contributed by atoms with Crippen molar-refractivity contribution in [1.82, 2.24) is 5.43 Å². The number of nitro groups is 1. The maximum Gasteiger partial charge on any atom is 0.324 e. The fourth-order valence-electron chi connectivity index (χ4n) is 2.42. The lowest BCUT2D eigenvalue weighted by atomic mass is 10.1. The molecule has 7 nitrogen and oxygen atoms in total. The molecule has 2 aromatic carbocycles. The summed E-state index contributed by atoms with van der Waals surface area (Å²) in [6.07, 6.45) is 1.39. The van der Waals surface area contributed by atoms with Crippen LogP contribution in [0, 0.1) is 10.1 Å². The van der Waals surface area contributed by atoms with Gasteiger partial charge in [-0.15, -0.1) is 0 Å². The standard InChI is InChI=1S/C18H16N4O3S/c1-12(20-16-8-4-6-13-5-2-3-7-15(13)16)18(23)21-19-11-14-9-10-17(26-14)22(24)25/h2-12,20H,1H3,(H,21,23). The quantitative estimate of drug-likeness (QED) is 0.393. The van der Waals surface area contributed by atoms with E-state index >= 15 is 0 Å². The molecule has 1 unspecified atom stereocenters. The Labute approximate surface area is 153 Å². The topological polar surface area (TPSA) is 96.6 Å². The lowest BCUT2D eigenvalue weighted by Crippen LogP contribution is -2.34. The van der Waals surface area contributed by atoms with Gasteiger partial charge in [0, 0.05) is 17.1 Å². The van der Waals surface area contributed by atoms with E-state index in [-0.39, 0.29) is 10.9 Å². The number of nitrogens with zero attached hydrogens (tertiary/aromatic N) is 2. The molecule has 132 valence electrons. The summed E-state index contributed by atoms with van der Waals surface area (Å²) in [6, 6.07) is 16.2. The Hall–Kier alpha value is -3.26. The summed E-state index contributed by atoms with van der Waals surface area (Å²) >= 11 is 0.990. The molecule has 0 radical (unpaired) electrons. The normalized spacial score (nSPS) is 12.2. The third-order valence-electron chi connectivity index (χ3n) is 3.71. The molecule has 1 heterocycles.